The van der Waals surface area contributed by atoms with E-state index in [0.717, 1.165) is 12.3 Å². The number of amides is 2. The van der Waals surface area contributed by atoms with Gasteiger partial charge in [-0.05, 0) is 60.6 Å². The van der Waals surface area contributed by atoms with Gasteiger partial charge in [0, 0.05) is 60.0 Å². The molecule has 41 heavy (non-hydrogen) atoms. The molecule has 0 aliphatic rings. The minimum atomic E-state index is -4.71. The van der Waals surface area contributed by atoms with Gasteiger partial charge in [0.05, 0.1) is 5.56 Å². The number of urea groups is 1. The molecule has 0 radical (unpaired) electrons. The van der Waals surface area contributed by atoms with Gasteiger partial charge in [-0.3, -0.25) is 10.2 Å². The molecule has 2 rings (SSSR count). The first kappa shape index (κ1) is 33.2. The summed E-state index contributed by atoms with van der Waals surface area (Å²) in [6.07, 6.45) is -1.41. The van der Waals surface area contributed by atoms with Gasteiger partial charge in [-0.1, -0.05) is 6.08 Å². The standard InChI is InChI=1S/C28H37F3N6O4/c1-8-23(28(29,30)31)35-18(7)20-13-24(36-27(40)32-9-2)33-15-22(20)21-12-19(26(38)39)14-34-25(21)41-11-10-37(16(3)4)17(5)6/h8,12-17H,9-11H2,1-7H3,(H,38,39)(H2,32,33,36,40)/b23-8-,35-18?. The molecule has 0 unspecified atom stereocenters. The number of anilines is 1. The van der Waals surface area contributed by atoms with Gasteiger partial charge in [0.15, 0.2) is 0 Å². The van der Waals surface area contributed by atoms with Crippen molar-refractivity contribution in [1.82, 2.24) is 20.2 Å². The van der Waals surface area contributed by atoms with Crippen molar-refractivity contribution in [3.8, 4) is 17.0 Å². The van der Waals surface area contributed by atoms with Crippen molar-refractivity contribution in [1.29, 1.82) is 0 Å². The Hall–Kier alpha value is -4.00. The Labute approximate surface area is 237 Å². The molecule has 13 heteroatoms. The van der Waals surface area contributed by atoms with Gasteiger partial charge < -0.3 is 15.2 Å². The molecular weight excluding hydrogens is 541 g/mol. The summed E-state index contributed by atoms with van der Waals surface area (Å²) < 4.78 is 46.6. The van der Waals surface area contributed by atoms with E-state index in [1.54, 1.807) is 6.92 Å². The van der Waals surface area contributed by atoms with Gasteiger partial charge in [0.25, 0.3) is 0 Å². The molecule has 2 amide bonds. The molecule has 0 spiro atoms. The average molecular weight is 579 g/mol. The second-order valence-electron chi connectivity index (χ2n) is 9.62. The summed E-state index contributed by atoms with van der Waals surface area (Å²) in [6, 6.07) is 2.61. The molecule has 224 valence electrons. The Kier molecular flexibility index (Phi) is 11.8. The van der Waals surface area contributed by atoms with Crippen molar-refractivity contribution >= 4 is 23.5 Å². The van der Waals surface area contributed by atoms with Crippen molar-refractivity contribution in [2.75, 3.05) is 25.0 Å². The van der Waals surface area contributed by atoms with Gasteiger partial charge >= 0.3 is 18.2 Å². The fourth-order valence-corrected chi connectivity index (χ4v) is 4.13. The number of carbonyl (C=O) groups is 2. The first-order valence-corrected chi connectivity index (χ1v) is 13.2. The highest BCUT2D eigenvalue weighted by Crippen LogP contribution is 2.34. The molecule has 2 aromatic rings. The fraction of sp³-hybridized carbons (Fsp3) is 0.464. The van der Waals surface area contributed by atoms with Crippen LogP contribution in [0.4, 0.5) is 23.8 Å². The second kappa shape index (κ2) is 14.6. The van der Waals surface area contributed by atoms with E-state index in [9.17, 15) is 27.9 Å². The fourth-order valence-electron chi connectivity index (χ4n) is 4.13. The maximum absolute atomic E-state index is 13.5. The maximum Gasteiger partial charge on any atom is 0.433 e. The summed E-state index contributed by atoms with van der Waals surface area (Å²) in [5.41, 5.74) is -0.748. The predicted molar refractivity (Wildman–Crippen MR) is 152 cm³/mol. The van der Waals surface area contributed by atoms with E-state index < -0.39 is 23.9 Å². The predicted octanol–water partition coefficient (Wildman–Crippen LogP) is 5.76. The van der Waals surface area contributed by atoms with E-state index in [2.05, 4.69) is 58.2 Å². The lowest BCUT2D eigenvalue weighted by atomic mass is 9.98. The summed E-state index contributed by atoms with van der Waals surface area (Å²) >= 11 is 0. The lowest BCUT2D eigenvalue weighted by Gasteiger charge is -2.30. The number of hydrogen-bond acceptors (Lipinski definition) is 7. The minimum absolute atomic E-state index is 0.0487. The molecule has 3 N–H and O–H groups in total. The number of carboxylic acid groups (broad SMARTS) is 1. The minimum Gasteiger partial charge on any atom is -0.478 e. The molecule has 0 aliphatic heterocycles. The average Bonchev–Trinajstić information content (AvgIpc) is 2.88. The number of nitrogens with one attached hydrogen (secondary N) is 2. The van der Waals surface area contributed by atoms with Crippen LogP contribution in [0.3, 0.4) is 0 Å². The number of halogens is 3. The molecule has 10 nitrogen and oxygen atoms in total. The quantitative estimate of drug-likeness (QED) is 0.273. The van der Waals surface area contributed by atoms with Crippen LogP contribution in [0.25, 0.3) is 11.1 Å². The zero-order valence-corrected chi connectivity index (χ0v) is 24.3. The molecule has 0 aromatic carbocycles. The van der Waals surface area contributed by atoms with Crippen molar-refractivity contribution in [3.63, 3.8) is 0 Å². The van der Waals surface area contributed by atoms with Crippen LogP contribution < -0.4 is 15.4 Å². The Morgan fingerprint density at radius 2 is 1.78 bits per heavy atom. The first-order chi connectivity index (χ1) is 19.2. The number of rotatable bonds is 12. The van der Waals surface area contributed by atoms with E-state index in [-0.39, 0.29) is 58.4 Å². The lowest BCUT2D eigenvalue weighted by Crippen LogP contribution is -2.39. The number of alkyl halides is 3. The van der Waals surface area contributed by atoms with E-state index in [1.165, 1.54) is 32.2 Å². The normalized spacial score (nSPS) is 12.7. The number of aliphatic imine (C=N–C) groups is 1. The lowest BCUT2D eigenvalue weighted by molar-refractivity contribution is -0.0924. The summed E-state index contributed by atoms with van der Waals surface area (Å²) in [7, 11) is 0. The van der Waals surface area contributed by atoms with E-state index >= 15 is 0 Å². The number of nitrogens with zero attached hydrogens (tertiary/aromatic N) is 4. The van der Waals surface area contributed by atoms with Crippen molar-refractivity contribution in [3.05, 3.63) is 47.4 Å². The SMILES string of the molecule is C/C=C(\N=C(C)c1cc(NC(=O)NCC)ncc1-c1cc(C(=O)O)cnc1OCCN(C(C)C)C(C)C)C(F)(F)F. The topological polar surface area (TPSA) is 129 Å². The number of allylic oxidation sites excluding steroid dienone is 2. The van der Waals surface area contributed by atoms with E-state index in [1.807, 2.05) is 0 Å². The van der Waals surface area contributed by atoms with Crippen molar-refractivity contribution in [2.45, 2.75) is 66.7 Å². The number of aromatic carboxylic acids is 1. The summed E-state index contributed by atoms with van der Waals surface area (Å²) in [6.45, 7) is 13.7. The third kappa shape index (κ3) is 9.27. The smallest absolute Gasteiger partial charge is 0.433 e. The maximum atomic E-state index is 13.5. The van der Waals surface area contributed by atoms with Crippen LogP contribution in [0.1, 0.15) is 64.4 Å². The highest BCUT2D eigenvalue weighted by atomic mass is 19.4. The highest BCUT2D eigenvalue weighted by Gasteiger charge is 2.33. The molecule has 0 bridgehead atoms. The summed E-state index contributed by atoms with van der Waals surface area (Å²) in [4.78, 5) is 38.3. The molecule has 0 saturated carbocycles. The van der Waals surface area contributed by atoms with Crippen LogP contribution in [-0.4, -0.2) is 75.6 Å². The van der Waals surface area contributed by atoms with Gasteiger partial charge in [-0.15, -0.1) is 0 Å². The molecule has 2 aromatic heterocycles. The molecular formula is C28H37F3N6O4. The van der Waals surface area contributed by atoms with Crippen molar-refractivity contribution in [2.24, 2.45) is 4.99 Å². The van der Waals surface area contributed by atoms with Gasteiger partial charge in [-0.2, -0.15) is 13.2 Å². The largest absolute Gasteiger partial charge is 0.478 e. The summed E-state index contributed by atoms with van der Waals surface area (Å²) in [5, 5.41) is 14.7. The zero-order valence-electron chi connectivity index (χ0n) is 24.3. The van der Waals surface area contributed by atoms with E-state index in [0.29, 0.717) is 13.1 Å². The second-order valence-corrected chi connectivity index (χ2v) is 9.62. The number of pyridine rings is 2. The van der Waals surface area contributed by atoms with Crippen LogP contribution in [0.15, 0.2) is 41.3 Å². The third-order valence-corrected chi connectivity index (χ3v) is 6.03. The number of ether oxygens (including phenoxy) is 1. The van der Waals surface area contributed by atoms with Crippen LogP contribution in [0.2, 0.25) is 0 Å². The molecule has 0 saturated heterocycles. The van der Waals surface area contributed by atoms with E-state index in [4.69, 9.17) is 4.74 Å². The molecule has 0 aliphatic carbocycles. The highest BCUT2D eigenvalue weighted by molar-refractivity contribution is 6.06. The number of aromatic nitrogens is 2. The Bertz CT molecular complexity index is 1280. The zero-order chi connectivity index (χ0) is 30.9. The Morgan fingerprint density at radius 1 is 1.12 bits per heavy atom. The third-order valence-electron chi connectivity index (χ3n) is 6.03. The number of carboxylic acids is 1. The Morgan fingerprint density at radius 3 is 2.32 bits per heavy atom. The van der Waals surface area contributed by atoms with Crippen molar-refractivity contribution < 1.29 is 32.6 Å². The Balaban J connectivity index is 2.70. The monoisotopic (exact) mass is 578 g/mol. The van der Waals surface area contributed by atoms with Crippen LogP contribution in [0, 0.1) is 0 Å². The first-order valence-electron chi connectivity index (χ1n) is 13.2. The van der Waals surface area contributed by atoms with Crippen LogP contribution >= 0.6 is 0 Å². The molecule has 0 fully saturated rings. The number of hydrogen-bond donors (Lipinski definition) is 3. The van der Waals surface area contributed by atoms with Gasteiger partial charge in [-0.25, -0.2) is 24.5 Å². The molecule has 2 heterocycles. The summed E-state index contributed by atoms with van der Waals surface area (Å²) in [5.74, 6) is -1.13. The number of carbonyl (C=O) groups excluding carboxylic acids is 1. The van der Waals surface area contributed by atoms with Crippen LogP contribution in [-0.2, 0) is 0 Å². The van der Waals surface area contributed by atoms with Gasteiger partial charge in [0.1, 0.15) is 18.1 Å². The van der Waals surface area contributed by atoms with Crippen LogP contribution in [0.5, 0.6) is 5.88 Å². The molecule has 0 atom stereocenters. The van der Waals surface area contributed by atoms with Gasteiger partial charge in [0.2, 0.25) is 5.88 Å².